The molecule has 1 aliphatic carbocycles. The van der Waals surface area contributed by atoms with Crippen molar-refractivity contribution in [1.29, 1.82) is 0 Å². The topological polar surface area (TPSA) is 64.3 Å². The van der Waals surface area contributed by atoms with Crippen molar-refractivity contribution in [3.63, 3.8) is 0 Å². The number of ether oxygens (including phenoxy) is 1. The second kappa shape index (κ2) is 7.66. The van der Waals surface area contributed by atoms with Gasteiger partial charge in [0.1, 0.15) is 5.75 Å². The van der Waals surface area contributed by atoms with E-state index in [-0.39, 0.29) is 17.9 Å². The Hall–Kier alpha value is -1.26. The predicted molar refractivity (Wildman–Crippen MR) is 85.8 cm³/mol. The summed E-state index contributed by atoms with van der Waals surface area (Å²) in [7, 11) is 0. The molecule has 0 aromatic heterocycles. The number of halogens is 1. The van der Waals surface area contributed by atoms with E-state index in [4.69, 9.17) is 22.1 Å². The van der Waals surface area contributed by atoms with E-state index in [1.165, 1.54) is 0 Å². The lowest BCUT2D eigenvalue weighted by Crippen LogP contribution is -2.28. The molecule has 5 heteroatoms. The fourth-order valence-corrected chi connectivity index (χ4v) is 2.87. The molecule has 0 saturated heterocycles. The van der Waals surface area contributed by atoms with Gasteiger partial charge in [0.2, 0.25) is 5.91 Å². The van der Waals surface area contributed by atoms with E-state index in [1.807, 2.05) is 6.92 Å². The number of nitrogens with two attached hydrogens (primary N) is 1. The number of hydrogen-bond donors (Lipinski definition) is 2. The third-order valence-corrected chi connectivity index (χ3v) is 4.08. The first-order valence-electron chi connectivity index (χ1n) is 7.58. The molecule has 2 rings (SSSR count). The van der Waals surface area contributed by atoms with Crippen molar-refractivity contribution in [3.8, 4) is 5.75 Å². The Labute approximate surface area is 131 Å². The lowest BCUT2D eigenvalue weighted by Gasteiger charge is -2.16. The Morgan fingerprint density at radius 2 is 2.29 bits per heavy atom. The Morgan fingerprint density at radius 3 is 2.95 bits per heavy atom. The van der Waals surface area contributed by atoms with Crippen molar-refractivity contribution in [3.05, 3.63) is 23.2 Å². The zero-order valence-corrected chi connectivity index (χ0v) is 13.2. The van der Waals surface area contributed by atoms with Gasteiger partial charge in [-0.15, -0.1) is 0 Å². The largest absolute Gasteiger partial charge is 0.491 e. The molecular weight excluding hydrogens is 288 g/mol. The minimum absolute atomic E-state index is 0.0269. The molecule has 1 aromatic carbocycles. The average Bonchev–Trinajstić information content (AvgIpc) is 2.83. The summed E-state index contributed by atoms with van der Waals surface area (Å²) in [5.41, 5.74) is 6.65. The first-order chi connectivity index (χ1) is 10.1. The first-order valence-corrected chi connectivity index (χ1v) is 7.95. The van der Waals surface area contributed by atoms with Gasteiger partial charge in [0.25, 0.3) is 0 Å². The summed E-state index contributed by atoms with van der Waals surface area (Å²) in [6.45, 7) is 2.65. The van der Waals surface area contributed by atoms with E-state index >= 15 is 0 Å². The fourth-order valence-electron chi connectivity index (χ4n) is 2.70. The van der Waals surface area contributed by atoms with Crippen LogP contribution in [0.4, 0.5) is 5.69 Å². The van der Waals surface area contributed by atoms with Crippen LogP contribution in [0.3, 0.4) is 0 Å². The van der Waals surface area contributed by atoms with Gasteiger partial charge in [0, 0.05) is 17.5 Å². The van der Waals surface area contributed by atoms with E-state index in [9.17, 15) is 4.79 Å². The monoisotopic (exact) mass is 310 g/mol. The number of nitrogens with one attached hydrogen (secondary N) is 1. The number of benzene rings is 1. The average molecular weight is 311 g/mol. The summed E-state index contributed by atoms with van der Waals surface area (Å²) in [5, 5.41) is 3.48. The van der Waals surface area contributed by atoms with Crippen LogP contribution < -0.4 is 15.8 Å². The summed E-state index contributed by atoms with van der Waals surface area (Å²) in [6, 6.07) is 5.41. The number of rotatable bonds is 6. The fraction of sp³-hybridized carbons (Fsp3) is 0.562. The first kappa shape index (κ1) is 16.1. The number of carbonyl (C=O) groups excluding carboxylic acids is 1. The van der Waals surface area contributed by atoms with Crippen LogP contribution in [0.2, 0.25) is 5.02 Å². The molecule has 1 aliphatic rings. The molecule has 1 saturated carbocycles. The van der Waals surface area contributed by atoms with Gasteiger partial charge in [-0.25, -0.2) is 0 Å². The molecule has 21 heavy (non-hydrogen) atoms. The molecule has 0 radical (unpaired) electrons. The van der Waals surface area contributed by atoms with Gasteiger partial charge in [-0.2, -0.15) is 0 Å². The molecule has 4 nitrogen and oxygen atoms in total. The molecular formula is C16H23ClN2O2. The zero-order chi connectivity index (χ0) is 15.2. The van der Waals surface area contributed by atoms with Crippen LogP contribution in [0.5, 0.6) is 5.75 Å². The SMILES string of the molecule is CCCOc1ccc(Cl)cc1NC(=O)C[C@@H]1CCC[C@H]1N. The van der Waals surface area contributed by atoms with Crippen LogP contribution in [0, 0.1) is 5.92 Å². The summed E-state index contributed by atoms with van der Waals surface area (Å²) in [5.74, 6) is 0.912. The molecule has 3 N–H and O–H groups in total. The van der Waals surface area contributed by atoms with Gasteiger partial charge in [0.15, 0.2) is 0 Å². The van der Waals surface area contributed by atoms with Gasteiger partial charge in [-0.3, -0.25) is 4.79 Å². The van der Waals surface area contributed by atoms with E-state index in [2.05, 4.69) is 5.32 Å². The van der Waals surface area contributed by atoms with Crippen LogP contribution in [-0.4, -0.2) is 18.6 Å². The number of hydrogen-bond acceptors (Lipinski definition) is 3. The summed E-state index contributed by atoms with van der Waals surface area (Å²) in [6.07, 6.45) is 4.53. The molecule has 1 fully saturated rings. The third-order valence-electron chi connectivity index (χ3n) is 3.84. The number of amides is 1. The lowest BCUT2D eigenvalue weighted by atomic mass is 10.00. The highest BCUT2D eigenvalue weighted by molar-refractivity contribution is 6.31. The summed E-state index contributed by atoms with van der Waals surface area (Å²) in [4.78, 5) is 12.2. The maximum atomic E-state index is 12.2. The number of carbonyl (C=O) groups is 1. The highest BCUT2D eigenvalue weighted by Gasteiger charge is 2.26. The molecule has 0 unspecified atom stereocenters. The van der Waals surface area contributed by atoms with E-state index in [1.54, 1.807) is 18.2 Å². The van der Waals surface area contributed by atoms with Gasteiger partial charge in [-0.1, -0.05) is 24.9 Å². The number of anilines is 1. The van der Waals surface area contributed by atoms with Crippen molar-refractivity contribution < 1.29 is 9.53 Å². The van der Waals surface area contributed by atoms with Gasteiger partial charge >= 0.3 is 0 Å². The van der Waals surface area contributed by atoms with Crippen LogP contribution in [-0.2, 0) is 4.79 Å². The highest BCUT2D eigenvalue weighted by atomic mass is 35.5. The van der Waals surface area contributed by atoms with Crippen LogP contribution >= 0.6 is 11.6 Å². The van der Waals surface area contributed by atoms with Crippen molar-refractivity contribution in [2.24, 2.45) is 11.7 Å². The van der Waals surface area contributed by atoms with Crippen molar-refractivity contribution >= 4 is 23.2 Å². The Kier molecular flexibility index (Phi) is 5.88. The van der Waals surface area contributed by atoms with Crippen LogP contribution in [0.1, 0.15) is 39.0 Å². The van der Waals surface area contributed by atoms with Gasteiger partial charge in [0.05, 0.1) is 12.3 Å². The molecule has 2 atom stereocenters. The van der Waals surface area contributed by atoms with Crippen molar-refractivity contribution in [1.82, 2.24) is 0 Å². The Morgan fingerprint density at radius 1 is 1.48 bits per heavy atom. The summed E-state index contributed by atoms with van der Waals surface area (Å²) >= 11 is 6.00. The lowest BCUT2D eigenvalue weighted by molar-refractivity contribution is -0.117. The van der Waals surface area contributed by atoms with Gasteiger partial charge < -0.3 is 15.8 Å². The van der Waals surface area contributed by atoms with Crippen molar-refractivity contribution in [2.75, 3.05) is 11.9 Å². The normalized spacial score (nSPS) is 21.3. The molecule has 1 aromatic rings. The van der Waals surface area contributed by atoms with Gasteiger partial charge in [-0.05, 0) is 43.4 Å². The minimum Gasteiger partial charge on any atom is -0.491 e. The molecule has 0 heterocycles. The van der Waals surface area contributed by atoms with Crippen LogP contribution in [0.15, 0.2) is 18.2 Å². The predicted octanol–water partition coefficient (Wildman–Crippen LogP) is 3.58. The molecule has 0 bridgehead atoms. The Bertz CT molecular complexity index is 493. The standard InChI is InChI=1S/C16H23ClN2O2/c1-2-8-21-15-7-6-12(17)10-14(15)19-16(20)9-11-4-3-5-13(11)18/h6-7,10-11,13H,2-5,8-9,18H2,1H3,(H,19,20)/t11-,13+/m0/s1. The maximum Gasteiger partial charge on any atom is 0.224 e. The van der Waals surface area contributed by atoms with E-state index < -0.39 is 0 Å². The Balaban J connectivity index is 2.00. The maximum absolute atomic E-state index is 12.2. The van der Waals surface area contributed by atoms with Crippen LogP contribution in [0.25, 0.3) is 0 Å². The highest BCUT2D eigenvalue weighted by Crippen LogP contribution is 2.30. The zero-order valence-electron chi connectivity index (χ0n) is 12.4. The third kappa shape index (κ3) is 4.61. The second-order valence-corrected chi connectivity index (χ2v) is 6.03. The van der Waals surface area contributed by atoms with E-state index in [0.717, 1.165) is 25.7 Å². The quantitative estimate of drug-likeness (QED) is 0.844. The summed E-state index contributed by atoms with van der Waals surface area (Å²) < 4.78 is 5.64. The molecule has 0 aliphatic heterocycles. The molecule has 0 spiro atoms. The molecule has 1 amide bonds. The molecule has 116 valence electrons. The van der Waals surface area contributed by atoms with Crippen molar-refractivity contribution in [2.45, 2.75) is 45.1 Å². The smallest absolute Gasteiger partial charge is 0.224 e. The second-order valence-electron chi connectivity index (χ2n) is 5.60. The van der Waals surface area contributed by atoms with E-state index in [0.29, 0.717) is 29.5 Å². The minimum atomic E-state index is -0.0269.